The fraction of sp³-hybridized carbons (Fsp3) is 0.316. The lowest BCUT2D eigenvalue weighted by atomic mass is 10.0. The van der Waals surface area contributed by atoms with Crippen LogP contribution in [0.1, 0.15) is 32.3 Å². The van der Waals surface area contributed by atoms with Crippen molar-refractivity contribution >= 4 is 39.3 Å². The van der Waals surface area contributed by atoms with Crippen molar-refractivity contribution in [2.24, 2.45) is 0 Å². The molecule has 0 aliphatic rings. The first-order valence-electron chi connectivity index (χ1n) is 7.95. The molecule has 5 heteroatoms. The summed E-state index contributed by atoms with van der Waals surface area (Å²) in [5.41, 5.74) is 2.05. The van der Waals surface area contributed by atoms with Crippen molar-refractivity contribution in [3.63, 3.8) is 0 Å². The predicted molar refractivity (Wildman–Crippen MR) is 105 cm³/mol. The van der Waals surface area contributed by atoms with Crippen LogP contribution in [0.25, 0.3) is 0 Å². The van der Waals surface area contributed by atoms with Gasteiger partial charge in [-0.15, -0.1) is 11.8 Å². The highest BCUT2D eigenvalue weighted by Gasteiger charge is 2.10. The number of para-hydroxylation sites is 1. The SMILES string of the molecule is CCSc1ccccc1NC(=O)COc1ccc(C(C)C)cc1Br. The summed E-state index contributed by atoms with van der Waals surface area (Å²) < 4.78 is 6.50. The number of hydrogen-bond donors (Lipinski definition) is 1. The van der Waals surface area contributed by atoms with Crippen LogP contribution in [0, 0.1) is 0 Å². The van der Waals surface area contributed by atoms with Gasteiger partial charge in [0.05, 0.1) is 10.2 Å². The third kappa shape index (κ3) is 5.28. The molecule has 0 aromatic heterocycles. The molecule has 0 aliphatic carbocycles. The largest absolute Gasteiger partial charge is 0.483 e. The zero-order valence-corrected chi connectivity index (χ0v) is 16.5. The third-order valence-electron chi connectivity index (χ3n) is 3.44. The second-order valence-corrected chi connectivity index (χ2v) is 7.77. The highest BCUT2D eigenvalue weighted by molar-refractivity contribution is 9.10. The molecule has 0 saturated carbocycles. The molecule has 2 rings (SSSR count). The van der Waals surface area contributed by atoms with Gasteiger partial charge in [0.2, 0.25) is 0 Å². The van der Waals surface area contributed by atoms with Gasteiger partial charge in [-0.2, -0.15) is 0 Å². The lowest BCUT2D eigenvalue weighted by Gasteiger charge is -2.13. The molecule has 128 valence electrons. The maximum Gasteiger partial charge on any atom is 0.262 e. The molecular formula is C19H22BrNO2S. The van der Waals surface area contributed by atoms with Crippen molar-refractivity contribution in [2.45, 2.75) is 31.6 Å². The Morgan fingerprint density at radius 3 is 2.67 bits per heavy atom. The van der Waals surface area contributed by atoms with Crippen LogP contribution in [-0.4, -0.2) is 18.3 Å². The minimum Gasteiger partial charge on any atom is -0.483 e. The van der Waals surface area contributed by atoms with E-state index in [0.29, 0.717) is 11.7 Å². The average Bonchev–Trinajstić information content (AvgIpc) is 2.55. The van der Waals surface area contributed by atoms with Crippen LogP contribution in [0.2, 0.25) is 0 Å². The second-order valence-electron chi connectivity index (χ2n) is 5.61. The first kappa shape index (κ1) is 18.9. The lowest BCUT2D eigenvalue weighted by Crippen LogP contribution is -2.20. The fourth-order valence-electron chi connectivity index (χ4n) is 2.17. The quantitative estimate of drug-likeness (QED) is 0.597. The highest BCUT2D eigenvalue weighted by Crippen LogP contribution is 2.29. The van der Waals surface area contributed by atoms with Crippen LogP contribution < -0.4 is 10.1 Å². The molecule has 0 atom stereocenters. The Hall–Kier alpha value is -1.46. The number of carbonyl (C=O) groups excluding carboxylic acids is 1. The zero-order valence-electron chi connectivity index (χ0n) is 14.1. The van der Waals surface area contributed by atoms with E-state index in [1.807, 2.05) is 42.5 Å². The fourth-order valence-corrected chi connectivity index (χ4v) is 3.45. The Balaban J connectivity index is 1.96. The number of halogens is 1. The molecule has 0 fully saturated rings. The Labute approximate surface area is 156 Å². The van der Waals surface area contributed by atoms with E-state index in [-0.39, 0.29) is 12.5 Å². The van der Waals surface area contributed by atoms with Gasteiger partial charge >= 0.3 is 0 Å². The monoisotopic (exact) mass is 407 g/mol. The summed E-state index contributed by atoms with van der Waals surface area (Å²) in [6.45, 7) is 6.35. The number of anilines is 1. The highest BCUT2D eigenvalue weighted by atomic mass is 79.9. The molecule has 2 aromatic carbocycles. The van der Waals surface area contributed by atoms with Crippen LogP contribution in [-0.2, 0) is 4.79 Å². The summed E-state index contributed by atoms with van der Waals surface area (Å²) in [4.78, 5) is 13.2. The summed E-state index contributed by atoms with van der Waals surface area (Å²) >= 11 is 5.21. The number of carbonyl (C=O) groups is 1. The minimum atomic E-state index is -0.168. The number of hydrogen-bond acceptors (Lipinski definition) is 3. The molecule has 0 bridgehead atoms. The van der Waals surface area contributed by atoms with Crippen molar-refractivity contribution in [3.05, 3.63) is 52.5 Å². The van der Waals surface area contributed by atoms with Crippen molar-refractivity contribution in [1.29, 1.82) is 0 Å². The van der Waals surface area contributed by atoms with E-state index in [9.17, 15) is 4.79 Å². The predicted octanol–water partition coefficient (Wildman–Crippen LogP) is 5.70. The maximum atomic E-state index is 12.2. The van der Waals surface area contributed by atoms with E-state index in [2.05, 4.69) is 42.0 Å². The van der Waals surface area contributed by atoms with Crippen LogP contribution in [0.5, 0.6) is 5.75 Å². The van der Waals surface area contributed by atoms with E-state index < -0.39 is 0 Å². The number of benzene rings is 2. The summed E-state index contributed by atoms with van der Waals surface area (Å²) in [5.74, 6) is 1.91. The van der Waals surface area contributed by atoms with Crippen molar-refractivity contribution in [3.8, 4) is 5.75 Å². The van der Waals surface area contributed by atoms with E-state index in [1.54, 1.807) is 11.8 Å². The van der Waals surface area contributed by atoms with E-state index in [0.717, 1.165) is 20.8 Å². The van der Waals surface area contributed by atoms with E-state index >= 15 is 0 Å². The van der Waals surface area contributed by atoms with Crippen LogP contribution in [0.4, 0.5) is 5.69 Å². The minimum absolute atomic E-state index is 0.0231. The molecule has 1 N–H and O–H groups in total. The topological polar surface area (TPSA) is 38.3 Å². The van der Waals surface area contributed by atoms with E-state index in [4.69, 9.17) is 4.74 Å². The molecule has 0 saturated heterocycles. The van der Waals surface area contributed by atoms with Crippen LogP contribution >= 0.6 is 27.7 Å². The van der Waals surface area contributed by atoms with Crippen LogP contribution in [0.15, 0.2) is 51.8 Å². The Morgan fingerprint density at radius 2 is 2.00 bits per heavy atom. The smallest absolute Gasteiger partial charge is 0.262 e. The molecular weight excluding hydrogens is 386 g/mol. The van der Waals surface area contributed by atoms with Gasteiger partial charge in [0.1, 0.15) is 5.75 Å². The van der Waals surface area contributed by atoms with Crippen LogP contribution in [0.3, 0.4) is 0 Å². The molecule has 0 radical (unpaired) electrons. The molecule has 0 heterocycles. The molecule has 0 spiro atoms. The standard InChI is InChI=1S/C19H22BrNO2S/c1-4-24-18-8-6-5-7-16(18)21-19(22)12-23-17-10-9-14(13(2)3)11-15(17)20/h5-11,13H,4,12H2,1-3H3,(H,21,22). The summed E-state index contributed by atoms with van der Waals surface area (Å²) in [6.07, 6.45) is 0. The van der Waals surface area contributed by atoms with Gasteiger partial charge in [-0.3, -0.25) is 4.79 Å². The Morgan fingerprint density at radius 1 is 1.25 bits per heavy atom. The van der Waals surface area contributed by atoms with Gasteiger partial charge in [-0.1, -0.05) is 39.0 Å². The van der Waals surface area contributed by atoms with Gasteiger partial charge in [0, 0.05) is 4.90 Å². The molecule has 0 unspecified atom stereocenters. The first-order valence-corrected chi connectivity index (χ1v) is 9.73. The summed E-state index contributed by atoms with van der Waals surface area (Å²) in [7, 11) is 0. The van der Waals surface area contributed by atoms with Crippen molar-refractivity contribution in [2.75, 3.05) is 17.7 Å². The number of nitrogens with one attached hydrogen (secondary N) is 1. The molecule has 24 heavy (non-hydrogen) atoms. The Kier molecular flexibility index (Phi) is 7.18. The van der Waals surface area contributed by atoms with Gasteiger partial charge < -0.3 is 10.1 Å². The van der Waals surface area contributed by atoms with Gasteiger partial charge in [0.15, 0.2) is 6.61 Å². The summed E-state index contributed by atoms with van der Waals surface area (Å²) in [6, 6.07) is 13.7. The second kappa shape index (κ2) is 9.14. The molecule has 1 amide bonds. The number of rotatable bonds is 7. The normalized spacial score (nSPS) is 10.7. The van der Waals surface area contributed by atoms with Crippen molar-refractivity contribution < 1.29 is 9.53 Å². The number of thioether (sulfide) groups is 1. The van der Waals surface area contributed by atoms with Crippen molar-refractivity contribution in [1.82, 2.24) is 0 Å². The van der Waals surface area contributed by atoms with E-state index in [1.165, 1.54) is 5.56 Å². The first-order chi connectivity index (χ1) is 11.5. The number of ether oxygens (including phenoxy) is 1. The molecule has 0 aliphatic heterocycles. The molecule has 3 nitrogen and oxygen atoms in total. The lowest BCUT2D eigenvalue weighted by molar-refractivity contribution is -0.118. The maximum absolute atomic E-state index is 12.2. The van der Waals surface area contributed by atoms with Gasteiger partial charge in [-0.25, -0.2) is 0 Å². The molecule has 2 aromatic rings. The Bertz CT molecular complexity index is 704. The average molecular weight is 408 g/mol. The third-order valence-corrected chi connectivity index (χ3v) is 5.02. The summed E-state index contributed by atoms with van der Waals surface area (Å²) in [5, 5.41) is 2.91. The van der Waals surface area contributed by atoms with Gasteiger partial charge in [-0.05, 0) is 57.4 Å². The number of amides is 1. The zero-order chi connectivity index (χ0) is 17.5. The van der Waals surface area contributed by atoms with Gasteiger partial charge in [0.25, 0.3) is 5.91 Å².